The molecule has 3 rings (SSSR count). The maximum Gasteiger partial charge on any atom is 0.213 e. The van der Waals surface area contributed by atoms with Gasteiger partial charge in [-0.15, -0.1) is 0 Å². The Morgan fingerprint density at radius 3 is 2.86 bits per heavy atom. The zero-order valence-corrected chi connectivity index (χ0v) is 12.3. The van der Waals surface area contributed by atoms with Crippen LogP contribution in [0.4, 0.5) is 0 Å². The molecule has 0 atom stereocenters. The summed E-state index contributed by atoms with van der Waals surface area (Å²) in [7, 11) is 1.65. The van der Waals surface area contributed by atoms with Gasteiger partial charge in [0.25, 0.3) is 0 Å². The minimum absolute atomic E-state index is 0.492. The molecule has 0 fully saturated rings. The van der Waals surface area contributed by atoms with Crippen LogP contribution >= 0.6 is 0 Å². The van der Waals surface area contributed by atoms with E-state index in [-0.39, 0.29) is 0 Å². The third-order valence-corrected chi connectivity index (χ3v) is 3.37. The largest absolute Gasteiger partial charge is 0.475 e. The fourth-order valence-electron chi connectivity index (χ4n) is 2.41. The molecule has 110 valence electrons. The highest BCUT2D eigenvalue weighted by molar-refractivity contribution is 6.05. The Kier molecular flexibility index (Phi) is 4.01. The number of hydrogen-bond donors (Lipinski definition) is 0. The number of nitrogens with zero attached hydrogens (tertiary/aromatic N) is 2. The van der Waals surface area contributed by atoms with E-state index in [0.29, 0.717) is 19.1 Å². The van der Waals surface area contributed by atoms with Crippen molar-refractivity contribution in [1.29, 1.82) is 0 Å². The molecular formula is C16H18N2O3. The monoisotopic (exact) mass is 286 g/mol. The summed E-state index contributed by atoms with van der Waals surface area (Å²) in [6, 6.07) is 7.74. The first-order valence-electron chi connectivity index (χ1n) is 7.13. The van der Waals surface area contributed by atoms with E-state index in [1.807, 2.05) is 24.3 Å². The fraction of sp³-hybridized carbons (Fsp3) is 0.375. The number of hydrogen-bond acceptors (Lipinski definition) is 5. The highest BCUT2D eigenvalue weighted by Gasteiger charge is 2.12. The summed E-state index contributed by atoms with van der Waals surface area (Å²) in [4.78, 5) is 4.53. The minimum atomic E-state index is 0.492. The molecule has 0 aliphatic rings. The Morgan fingerprint density at radius 1 is 1.14 bits per heavy atom. The van der Waals surface area contributed by atoms with Gasteiger partial charge in [0.15, 0.2) is 5.58 Å². The average molecular weight is 286 g/mol. The Bertz CT molecular complexity index is 752. The number of methoxy groups -OCH3 is 1. The number of ether oxygens (including phenoxy) is 2. The number of aryl methyl sites for hydroxylation is 1. The quantitative estimate of drug-likeness (QED) is 0.650. The molecule has 21 heavy (non-hydrogen) atoms. The van der Waals surface area contributed by atoms with Crippen LogP contribution in [0.5, 0.6) is 5.88 Å². The van der Waals surface area contributed by atoms with Crippen molar-refractivity contribution in [2.75, 3.05) is 20.3 Å². The van der Waals surface area contributed by atoms with Crippen molar-refractivity contribution in [2.45, 2.75) is 19.8 Å². The second-order valence-electron chi connectivity index (χ2n) is 4.88. The SMILES string of the molecule is CCCc1noc2ccc3nc(OCCOC)ccc3c12. The number of aromatic nitrogens is 2. The van der Waals surface area contributed by atoms with Gasteiger partial charge < -0.3 is 14.0 Å². The maximum absolute atomic E-state index is 5.55. The summed E-state index contributed by atoms with van der Waals surface area (Å²) in [5.74, 6) is 0.604. The molecule has 5 heteroatoms. The molecule has 0 spiro atoms. The maximum atomic E-state index is 5.55. The molecule has 0 N–H and O–H groups in total. The van der Waals surface area contributed by atoms with Crippen LogP contribution in [0.2, 0.25) is 0 Å². The molecule has 2 aromatic heterocycles. The van der Waals surface area contributed by atoms with Gasteiger partial charge in [-0.05, 0) is 24.6 Å². The standard InChI is InChI=1S/C16H18N2O3/c1-3-4-13-16-11-5-8-15(20-10-9-19-2)17-12(11)6-7-14(16)21-18-13/h5-8H,3-4,9-10H2,1-2H3. The van der Waals surface area contributed by atoms with E-state index in [1.54, 1.807) is 7.11 Å². The predicted molar refractivity (Wildman–Crippen MR) is 80.7 cm³/mol. The van der Waals surface area contributed by atoms with Gasteiger partial charge in [0.2, 0.25) is 5.88 Å². The predicted octanol–water partition coefficient (Wildman–Crippen LogP) is 3.35. The van der Waals surface area contributed by atoms with Crippen LogP contribution in [0.15, 0.2) is 28.8 Å². The Morgan fingerprint density at radius 2 is 2.05 bits per heavy atom. The van der Waals surface area contributed by atoms with Gasteiger partial charge >= 0.3 is 0 Å². The zero-order valence-electron chi connectivity index (χ0n) is 12.3. The normalized spacial score (nSPS) is 11.3. The van der Waals surface area contributed by atoms with E-state index in [9.17, 15) is 0 Å². The smallest absolute Gasteiger partial charge is 0.213 e. The first kappa shape index (κ1) is 13.8. The lowest BCUT2D eigenvalue weighted by molar-refractivity contribution is 0.144. The molecular weight excluding hydrogens is 268 g/mol. The van der Waals surface area contributed by atoms with Crippen molar-refractivity contribution in [3.05, 3.63) is 30.0 Å². The van der Waals surface area contributed by atoms with E-state index in [0.717, 1.165) is 40.4 Å². The Labute approximate surface area is 122 Å². The highest BCUT2D eigenvalue weighted by atomic mass is 16.5. The van der Waals surface area contributed by atoms with Gasteiger partial charge in [0.05, 0.1) is 23.2 Å². The lowest BCUT2D eigenvalue weighted by Gasteiger charge is -2.06. The van der Waals surface area contributed by atoms with Crippen LogP contribution in [0.25, 0.3) is 21.9 Å². The van der Waals surface area contributed by atoms with E-state index in [2.05, 4.69) is 17.1 Å². The molecule has 2 heterocycles. The lowest BCUT2D eigenvalue weighted by Crippen LogP contribution is -2.05. The molecule has 0 amide bonds. The molecule has 0 aliphatic carbocycles. The lowest BCUT2D eigenvalue weighted by atomic mass is 10.1. The van der Waals surface area contributed by atoms with Crippen molar-refractivity contribution < 1.29 is 14.0 Å². The molecule has 0 radical (unpaired) electrons. The Balaban J connectivity index is 2.02. The van der Waals surface area contributed by atoms with Crippen LogP contribution in [-0.4, -0.2) is 30.5 Å². The second kappa shape index (κ2) is 6.10. The first-order valence-corrected chi connectivity index (χ1v) is 7.13. The van der Waals surface area contributed by atoms with Crippen LogP contribution in [0.3, 0.4) is 0 Å². The minimum Gasteiger partial charge on any atom is -0.475 e. The summed E-state index contributed by atoms with van der Waals surface area (Å²) < 4.78 is 15.9. The van der Waals surface area contributed by atoms with Crippen molar-refractivity contribution in [1.82, 2.24) is 10.1 Å². The molecule has 0 bridgehead atoms. The summed E-state index contributed by atoms with van der Waals surface area (Å²) in [6.07, 6.45) is 1.93. The number of fused-ring (bicyclic) bond motifs is 3. The van der Waals surface area contributed by atoms with Gasteiger partial charge in [0, 0.05) is 18.6 Å². The molecule has 0 aliphatic heterocycles. The third kappa shape index (κ3) is 2.69. The van der Waals surface area contributed by atoms with E-state index >= 15 is 0 Å². The topological polar surface area (TPSA) is 57.4 Å². The first-order chi connectivity index (χ1) is 10.3. The summed E-state index contributed by atoms with van der Waals surface area (Å²) >= 11 is 0. The van der Waals surface area contributed by atoms with Gasteiger partial charge in [-0.1, -0.05) is 18.5 Å². The summed E-state index contributed by atoms with van der Waals surface area (Å²) in [5.41, 5.74) is 2.69. The summed E-state index contributed by atoms with van der Waals surface area (Å²) in [5, 5.41) is 6.28. The van der Waals surface area contributed by atoms with Crippen molar-refractivity contribution in [3.63, 3.8) is 0 Å². The number of pyridine rings is 1. The van der Waals surface area contributed by atoms with E-state index in [4.69, 9.17) is 14.0 Å². The van der Waals surface area contributed by atoms with Gasteiger partial charge in [-0.2, -0.15) is 0 Å². The summed E-state index contributed by atoms with van der Waals surface area (Å²) in [6.45, 7) is 3.17. The third-order valence-electron chi connectivity index (χ3n) is 3.37. The van der Waals surface area contributed by atoms with Gasteiger partial charge in [-0.3, -0.25) is 0 Å². The molecule has 1 aromatic carbocycles. The highest BCUT2D eigenvalue weighted by Crippen LogP contribution is 2.29. The number of benzene rings is 1. The average Bonchev–Trinajstić information content (AvgIpc) is 2.91. The van der Waals surface area contributed by atoms with Crippen molar-refractivity contribution in [2.24, 2.45) is 0 Å². The van der Waals surface area contributed by atoms with Gasteiger partial charge in [-0.25, -0.2) is 4.98 Å². The van der Waals surface area contributed by atoms with Crippen LogP contribution in [-0.2, 0) is 11.2 Å². The van der Waals surface area contributed by atoms with Crippen LogP contribution < -0.4 is 4.74 Å². The Hall–Kier alpha value is -2.14. The van der Waals surface area contributed by atoms with Crippen molar-refractivity contribution in [3.8, 4) is 5.88 Å². The van der Waals surface area contributed by atoms with Crippen LogP contribution in [0, 0.1) is 0 Å². The molecule has 0 saturated heterocycles. The molecule has 0 unspecified atom stereocenters. The number of rotatable bonds is 6. The fourth-order valence-corrected chi connectivity index (χ4v) is 2.41. The van der Waals surface area contributed by atoms with E-state index < -0.39 is 0 Å². The zero-order chi connectivity index (χ0) is 14.7. The van der Waals surface area contributed by atoms with Crippen molar-refractivity contribution >= 4 is 21.9 Å². The molecule has 0 saturated carbocycles. The molecule has 5 nitrogen and oxygen atoms in total. The molecule has 3 aromatic rings. The second-order valence-corrected chi connectivity index (χ2v) is 4.88. The van der Waals surface area contributed by atoms with Gasteiger partial charge in [0.1, 0.15) is 6.61 Å². The van der Waals surface area contributed by atoms with E-state index in [1.165, 1.54) is 0 Å². The van der Waals surface area contributed by atoms with Crippen LogP contribution in [0.1, 0.15) is 19.0 Å².